The Morgan fingerprint density at radius 2 is 1.89 bits per heavy atom. The molecule has 0 aliphatic heterocycles. The number of amides is 1. The van der Waals surface area contributed by atoms with E-state index in [0.717, 1.165) is 24.3 Å². The molecule has 7 nitrogen and oxygen atoms in total. The highest BCUT2D eigenvalue weighted by atomic mass is 19.1. The number of hydrogen-bond donors (Lipinski definition) is 2. The van der Waals surface area contributed by atoms with Gasteiger partial charge in [0.05, 0.1) is 16.5 Å². The van der Waals surface area contributed by atoms with Gasteiger partial charge in [-0.15, -0.1) is 0 Å². The van der Waals surface area contributed by atoms with Crippen molar-refractivity contribution in [3.8, 4) is 11.5 Å². The van der Waals surface area contributed by atoms with Crippen LogP contribution >= 0.6 is 0 Å². The number of nitro benzene ring substituents is 1. The Morgan fingerprint density at radius 3 is 2.44 bits per heavy atom. The van der Waals surface area contributed by atoms with Crippen molar-refractivity contribution in [2.75, 3.05) is 0 Å². The van der Waals surface area contributed by atoms with Gasteiger partial charge in [0.25, 0.3) is 5.69 Å². The SMILES string of the molecule is CC(C)(C)C(NC(=O)O)c1cc(Oc2cc(F)ccc2F)ccc1[N+](=O)[O-]. The summed E-state index contributed by atoms with van der Waals surface area (Å²) in [5.74, 6) is -1.92. The number of carbonyl (C=O) groups is 1. The molecular formula is C18H18F2N2O5. The van der Waals surface area contributed by atoms with Crippen LogP contribution in [0, 0.1) is 27.2 Å². The third-order valence-electron chi connectivity index (χ3n) is 3.76. The molecular weight excluding hydrogens is 362 g/mol. The molecule has 27 heavy (non-hydrogen) atoms. The zero-order chi connectivity index (χ0) is 20.4. The monoisotopic (exact) mass is 380 g/mol. The summed E-state index contributed by atoms with van der Waals surface area (Å²) in [4.78, 5) is 21.9. The summed E-state index contributed by atoms with van der Waals surface area (Å²) in [6.45, 7) is 5.12. The van der Waals surface area contributed by atoms with Crippen LogP contribution in [0.1, 0.15) is 32.4 Å². The van der Waals surface area contributed by atoms with Crippen LogP contribution in [0.5, 0.6) is 11.5 Å². The fourth-order valence-corrected chi connectivity index (χ4v) is 2.56. The number of halogens is 2. The number of nitrogens with one attached hydrogen (secondary N) is 1. The molecule has 9 heteroatoms. The number of nitrogens with zero attached hydrogens (tertiary/aromatic N) is 1. The van der Waals surface area contributed by atoms with E-state index in [1.807, 2.05) is 0 Å². The summed E-state index contributed by atoms with van der Waals surface area (Å²) in [5.41, 5.74) is -0.994. The summed E-state index contributed by atoms with van der Waals surface area (Å²) in [6, 6.07) is 5.31. The molecule has 0 fully saturated rings. The molecule has 1 amide bonds. The number of benzene rings is 2. The second-order valence-corrected chi connectivity index (χ2v) is 6.90. The molecule has 0 saturated heterocycles. The van der Waals surface area contributed by atoms with Gasteiger partial charge in [0.2, 0.25) is 0 Å². The lowest BCUT2D eigenvalue weighted by Crippen LogP contribution is -2.36. The Kier molecular flexibility index (Phi) is 5.63. The zero-order valence-electron chi connectivity index (χ0n) is 14.8. The first-order valence-electron chi connectivity index (χ1n) is 7.89. The molecule has 0 heterocycles. The Balaban J connectivity index is 2.54. The van der Waals surface area contributed by atoms with Crippen LogP contribution in [-0.2, 0) is 0 Å². The lowest BCUT2D eigenvalue weighted by Gasteiger charge is -2.30. The minimum absolute atomic E-state index is 0.00142. The molecule has 0 saturated carbocycles. The molecule has 0 aliphatic carbocycles. The van der Waals surface area contributed by atoms with Gasteiger partial charge in [0.1, 0.15) is 11.6 Å². The molecule has 0 radical (unpaired) electrons. The average molecular weight is 380 g/mol. The van der Waals surface area contributed by atoms with E-state index in [2.05, 4.69) is 5.32 Å². The van der Waals surface area contributed by atoms with E-state index < -0.39 is 39.9 Å². The zero-order valence-corrected chi connectivity index (χ0v) is 14.8. The van der Waals surface area contributed by atoms with E-state index in [9.17, 15) is 23.7 Å². The Bertz CT molecular complexity index is 881. The van der Waals surface area contributed by atoms with E-state index in [1.165, 1.54) is 12.1 Å². The van der Waals surface area contributed by atoms with Gasteiger partial charge < -0.3 is 15.2 Å². The van der Waals surface area contributed by atoms with E-state index in [4.69, 9.17) is 9.84 Å². The molecule has 2 rings (SSSR count). The summed E-state index contributed by atoms with van der Waals surface area (Å²) < 4.78 is 32.4. The molecule has 2 aromatic carbocycles. The van der Waals surface area contributed by atoms with E-state index >= 15 is 0 Å². The summed E-state index contributed by atoms with van der Waals surface area (Å²) >= 11 is 0. The summed E-state index contributed by atoms with van der Waals surface area (Å²) in [5, 5.41) is 22.8. The third kappa shape index (κ3) is 4.90. The van der Waals surface area contributed by atoms with Crippen molar-refractivity contribution in [2.24, 2.45) is 5.41 Å². The Hall–Kier alpha value is -3.23. The molecule has 0 spiro atoms. The van der Waals surface area contributed by atoms with Crippen LogP contribution in [-0.4, -0.2) is 16.1 Å². The van der Waals surface area contributed by atoms with Gasteiger partial charge in [-0.05, 0) is 29.7 Å². The van der Waals surface area contributed by atoms with E-state index in [0.29, 0.717) is 0 Å². The number of hydrogen-bond acceptors (Lipinski definition) is 4. The van der Waals surface area contributed by atoms with E-state index in [1.54, 1.807) is 20.8 Å². The topological polar surface area (TPSA) is 102 Å². The number of nitro groups is 1. The second-order valence-electron chi connectivity index (χ2n) is 6.90. The average Bonchev–Trinajstić information content (AvgIpc) is 2.54. The third-order valence-corrected chi connectivity index (χ3v) is 3.76. The smallest absolute Gasteiger partial charge is 0.405 e. The van der Waals surface area contributed by atoms with Crippen LogP contribution in [0.25, 0.3) is 0 Å². The highest BCUT2D eigenvalue weighted by Gasteiger charge is 2.33. The minimum Gasteiger partial charge on any atom is -0.465 e. The number of rotatable bonds is 5. The maximum absolute atomic E-state index is 13.8. The molecule has 2 N–H and O–H groups in total. The highest BCUT2D eigenvalue weighted by Crippen LogP contribution is 2.40. The first kappa shape index (κ1) is 20.1. The largest absolute Gasteiger partial charge is 0.465 e. The molecule has 0 aliphatic rings. The van der Waals surface area contributed by atoms with Crippen molar-refractivity contribution < 1.29 is 28.3 Å². The summed E-state index contributed by atoms with van der Waals surface area (Å²) in [6.07, 6.45) is -1.35. The van der Waals surface area contributed by atoms with Crippen molar-refractivity contribution >= 4 is 11.8 Å². The van der Waals surface area contributed by atoms with Crippen molar-refractivity contribution in [2.45, 2.75) is 26.8 Å². The molecule has 2 aromatic rings. The van der Waals surface area contributed by atoms with Crippen LogP contribution in [0.3, 0.4) is 0 Å². The van der Waals surface area contributed by atoms with Crippen LogP contribution < -0.4 is 10.1 Å². The Morgan fingerprint density at radius 1 is 1.22 bits per heavy atom. The van der Waals surface area contributed by atoms with Gasteiger partial charge in [-0.1, -0.05) is 20.8 Å². The van der Waals surface area contributed by atoms with Crippen LogP contribution in [0.2, 0.25) is 0 Å². The normalized spacial score (nSPS) is 12.3. The van der Waals surface area contributed by atoms with Crippen LogP contribution in [0.4, 0.5) is 19.3 Å². The summed E-state index contributed by atoms with van der Waals surface area (Å²) in [7, 11) is 0. The van der Waals surface area contributed by atoms with E-state index in [-0.39, 0.29) is 17.0 Å². The fourth-order valence-electron chi connectivity index (χ4n) is 2.56. The van der Waals surface area contributed by atoms with Crippen molar-refractivity contribution in [1.82, 2.24) is 5.32 Å². The van der Waals surface area contributed by atoms with Gasteiger partial charge in [-0.2, -0.15) is 0 Å². The second kappa shape index (κ2) is 7.56. The number of ether oxygens (including phenoxy) is 1. The molecule has 1 unspecified atom stereocenters. The van der Waals surface area contributed by atoms with Gasteiger partial charge in [-0.25, -0.2) is 13.6 Å². The van der Waals surface area contributed by atoms with Crippen molar-refractivity contribution in [1.29, 1.82) is 0 Å². The molecule has 1 atom stereocenters. The molecule has 0 aromatic heterocycles. The van der Waals surface area contributed by atoms with Crippen molar-refractivity contribution in [3.63, 3.8) is 0 Å². The lowest BCUT2D eigenvalue weighted by molar-refractivity contribution is -0.386. The minimum atomic E-state index is -1.35. The van der Waals surface area contributed by atoms with Crippen molar-refractivity contribution in [3.05, 3.63) is 63.7 Å². The first-order valence-corrected chi connectivity index (χ1v) is 7.89. The fraction of sp³-hybridized carbons (Fsp3) is 0.278. The standard InChI is InChI=1S/C18H18F2N2O5/c1-18(2,3)16(21-17(23)24)12-9-11(5-7-14(12)22(25)26)27-15-8-10(19)4-6-13(15)20/h4-9,16,21H,1-3H3,(H,23,24). The maximum Gasteiger partial charge on any atom is 0.405 e. The quantitative estimate of drug-likeness (QED) is 0.560. The predicted molar refractivity (Wildman–Crippen MR) is 92.9 cm³/mol. The maximum atomic E-state index is 13.8. The molecule has 0 bridgehead atoms. The predicted octanol–water partition coefficient (Wildman–Crippen LogP) is 5.02. The van der Waals surface area contributed by atoms with Gasteiger partial charge in [0.15, 0.2) is 11.6 Å². The van der Waals surface area contributed by atoms with Gasteiger partial charge >= 0.3 is 6.09 Å². The van der Waals surface area contributed by atoms with Gasteiger partial charge in [0, 0.05) is 12.1 Å². The molecule has 144 valence electrons. The van der Waals surface area contributed by atoms with Gasteiger partial charge in [-0.3, -0.25) is 10.1 Å². The lowest BCUT2D eigenvalue weighted by atomic mass is 9.81. The number of carboxylic acid groups (broad SMARTS) is 1. The first-order chi connectivity index (χ1) is 12.5. The Labute approximate surface area is 153 Å². The van der Waals surface area contributed by atoms with Crippen LogP contribution in [0.15, 0.2) is 36.4 Å². The highest BCUT2D eigenvalue weighted by molar-refractivity contribution is 5.66.